The Labute approximate surface area is 174 Å². The second-order valence-corrected chi connectivity index (χ2v) is 9.25. The van der Waals surface area contributed by atoms with Crippen LogP contribution in [0.1, 0.15) is 44.7 Å². The van der Waals surface area contributed by atoms with Gasteiger partial charge in [-0.05, 0) is 85.6 Å². The molecule has 1 amide bonds. The van der Waals surface area contributed by atoms with E-state index in [0.717, 1.165) is 41.4 Å². The third-order valence-corrected chi connectivity index (χ3v) is 5.48. The van der Waals surface area contributed by atoms with Crippen LogP contribution in [0.4, 0.5) is 10.5 Å². The molecular formula is C22H25BrClNO2. The van der Waals surface area contributed by atoms with E-state index in [4.69, 9.17) is 16.3 Å². The first kappa shape index (κ1) is 20.2. The fraction of sp³-hybridized carbons (Fsp3) is 0.409. The molecule has 0 spiro atoms. The summed E-state index contributed by atoms with van der Waals surface area (Å²) in [4.78, 5) is 14.9. The summed E-state index contributed by atoms with van der Waals surface area (Å²) >= 11 is 9.84. The maximum absolute atomic E-state index is 13.1. The molecular weight excluding hydrogens is 426 g/mol. The molecule has 144 valence electrons. The molecule has 1 aliphatic heterocycles. The summed E-state index contributed by atoms with van der Waals surface area (Å²) < 4.78 is 6.57. The van der Waals surface area contributed by atoms with Crippen molar-refractivity contribution in [2.24, 2.45) is 0 Å². The van der Waals surface area contributed by atoms with Crippen molar-refractivity contribution >= 4 is 39.3 Å². The third kappa shape index (κ3) is 5.05. The van der Waals surface area contributed by atoms with Gasteiger partial charge < -0.3 is 4.74 Å². The van der Waals surface area contributed by atoms with Crippen LogP contribution in [-0.2, 0) is 17.6 Å². The molecule has 0 aromatic heterocycles. The van der Waals surface area contributed by atoms with E-state index >= 15 is 0 Å². The number of anilines is 1. The SMILES string of the molecule is CC(C)(C)OC(=O)N1c2c(Br)cc(Cl)cc2CCC1CCc1ccccc1. The number of aryl methyl sites for hydroxylation is 2. The summed E-state index contributed by atoms with van der Waals surface area (Å²) in [5.41, 5.74) is 2.70. The quantitative estimate of drug-likeness (QED) is 0.515. The normalized spacial score (nSPS) is 16.8. The molecule has 3 nitrogen and oxygen atoms in total. The number of ether oxygens (including phenoxy) is 1. The van der Waals surface area contributed by atoms with Crippen LogP contribution in [0.2, 0.25) is 5.02 Å². The number of carbonyl (C=O) groups is 1. The highest BCUT2D eigenvalue weighted by Gasteiger charge is 2.35. The molecule has 0 radical (unpaired) electrons. The van der Waals surface area contributed by atoms with Gasteiger partial charge >= 0.3 is 6.09 Å². The molecule has 1 heterocycles. The first-order chi connectivity index (χ1) is 12.7. The molecule has 0 saturated carbocycles. The van der Waals surface area contributed by atoms with Crippen LogP contribution in [0.5, 0.6) is 0 Å². The zero-order valence-electron chi connectivity index (χ0n) is 16.0. The van der Waals surface area contributed by atoms with Crippen LogP contribution in [0.15, 0.2) is 46.9 Å². The first-order valence-corrected chi connectivity index (χ1v) is 10.5. The molecule has 5 heteroatoms. The van der Waals surface area contributed by atoms with Crippen molar-refractivity contribution in [3.8, 4) is 0 Å². The number of halogens is 2. The van der Waals surface area contributed by atoms with Gasteiger partial charge in [0, 0.05) is 15.5 Å². The summed E-state index contributed by atoms with van der Waals surface area (Å²) in [6.07, 6.45) is 3.30. The van der Waals surface area contributed by atoms with Gasteiger partial charge in [0.25, 0.3) is 0 Å². The number of hydrogen-bond acceptors (Lipinski definition) is 2. The molecule has 0 bridgehead atoms. The van der Waals surface area contributed by atoms with E-state index in [1.54, 1.807) is 0 Å². The maximum atomic E-state index is 13.1. The molecule has 1 aliphatic rings. The topological polar surface area (TPSA) is 29.5 Å². The summed E-state index contributed by atoms with van der Waals surface area (Å²) in [6.45, 7) is 5.68. The van der Waals surface area contributed by atoms with Crippen molar-refractivity contribution in [3.63, 3.8) is 0 Å². The maximum Gasteiger partial charge on any atom is 0.415 e. The van der Waals surface area contributed by atoms with Crippen molar-refractivity contribution in [3.05, 3.63) is 63.1 Å². The average Bonchev–Trinajstić information content (AvgIpc) is 2.58. The Kier molecular flexibility index (Phi) is 6.17. The van der Waals surface area contributed by atoms with Crippen LogP contribution in [-0.4, -0.2) is 17.7 Å². The van der Waals surface area contributed by atoms with Gasteiger partial charge in [0.05, 0.1) is 5.69 Å². The lowest BCUT2D eigenvalue weighted by atomic mass is 9.92. The van der Waals surface area contributed by atoms with E-state index in [9.17, 15) is 4.79 Å². The van der Waals surface area contributed by atoms with Gasteiger partial charge in [0.1, 0.15) is 5.60 Å². The lowest BCUT2D eigenvalue weighted by molar-refractivity contribution is 0.0558. The Balaban J connectivity index is 1.91. The molecule has 1 atom stereocenters. The standard InChI is InChI=1S/C22H25BrClNO2/c1-22(2,3)27-21(26)25-18(11-9-15-7-5-4-6-8-15)12-10-16-13-17(24)14-19(23)20(16)25/h4-8,13-14,18H,9-12H2,1-3H3. The van der Waals surface area contributed by atoms with Crippen LogP contribution >= 0.6 is 27.5 Å². The van der Waals surface area contributed by atoms with Crippen LogP contribution < -0.4 is 4.90 Å². The molecule has 0 fully saturated rings. The van der Waals surface area contributed by atoms with E-state index in [1.807, 2.05) is 43.9 Å². The number of hydrogen-bond donors (Lipinski definition) is 0. The van der Waals surface area contributed by atoms with Crippen molar-refractivity contribution in [2.75, 3.05) is 4.90 Å². The Morgan fingerprint density at radius 2 is 1.96 bits per heavy atom. The van der Waals surface area contributed by atoms with Crippen molar-refractivity contribution in [2.45, 2.75) is 58.1 Å². The van der Waals surface area contributed by atoms with E-state index in [2.05, 4.69) is 40.2 Å². The van der Waals surface area contributed by atoms with E-state index in [1.165, 1.54) is 5.56 Å². The molecule has 0 N–H and O–H groups in total. The Morgan fingerprint density at radius 1 is 1.26 bits per heavy atom. The van der Waals surface area contributed by atoms with Gasteiger partial charge in [-0.3, -0.25) is 4.90 Å². The van der Waals surface area contributed by atoms with E-state index < -0.39 is 5.60 Å². The molecule has 0 aliphatic carbocycles. The monoisotopic (exact) mass is 449 g/mol. The van der Waals surface area contributed by atoms with Crippen LogP contribution in [0, 0.1) is 0 Å². The Bertz CT molecular complexity index is 817. The van der Waals surface area contributed by atoms with Crippen LogP contribution in [0.3, 0.4) is 0 Å². The van der Waals surface area contributed by atoms with Gasteiger partial charge in [0.2, 0.25) is 0 Å². The summed E-state index contributed by atoms with van der Waals surface area (Å²) in [5.74, 6) is 0. The molecule has 3 rings (SSSR count). The molecule has 27 heavy (non-hydrogen) atoms. The number of fused-ring (bicyclic) bond motifs is 1. The fourth-order valence-electron chi connectivity index (χ4n) is 3.52. The number of carbonyl (C=O) groups excluding carboxylic acids is 1. The average molecular weight is 451 g/mol. The van der Waals surface area contributed by atoms with Crippen molar-refractivity contribution in [1.29, 1.82) is 0 Å². The van der Waals surface area contributed by atoms with E-state index in [0.29, 0.717) is 5.02 Å². The highest BCUT2D eigenvalue weighted by molar-refractivity contribution is 9.10. The summed E-state index contributed by atoms with van der Waals surface area (Å²) in [5, 5.41) is 0.674. The van der Waals surface area contributed by atoms with Gasteiger partial charge in [-0.15, -0.1) is 0 Å². The lowest BCUT2D eigenvalue weighted by Gasteiger charge is -2.39. The summed E-state index contributed by atoms with van der Waals surface area (Å²) in [7, 11) is 0. The molecule has 1 unspecified atom stereocenters. The Morgan fingerprint density at radius 3 is 2.63 bits per heavy atom. The zero-order valence-corrected chi connectivity index (χ0v) is 18.3. The van der Waals surface area contributed by atoms with E-state index in [-0.39, 0.29) is 12.1 Å². The predicted molar refractivity (Wildman–Crippen MR) is 115 cm³/mol. The van der Waals surface area contributed by atoms with Gasteiger partial charge in [-0.1, -0.05) is 41.9 Å². The number of nitrogens with zero attached hydrogens (tertiary/aromatic N) is 1. The van der Waals surface area contributed by atoms with Gasteiger partial charge in [-0.2, -0.15) is 0 Å². The highest BCUT2D eigenvalue weighted by atomic mass is 79.9. The minimum Gasteiger partial charge on any atom is -0.443 e. The second-order valence-electron chi connectivity index (χ2n) is 7.96. The van der Waals surface area contributed by atoms with Crippen molar-refractivity contribution < 1.29 is 9.53 Å². The minimum absolute atomic E-state index is 0.0880. The molecule has 2 aromatic carbocycles. The number of rotatable bonds is 3. The summed E-state index contributed by atoms with van der Waals surface area (Å²) in [6, 6.07) is 14.3. The highest BCUT2D eigenvalue weighted by Crippen LogP contribution is 2.41. The number of amides is 1. The van der Waals surface area contributed by atoms with Crippen LogP contribution in [0.25, 0.3) is 0 Å². The van der Waals surface area contributed by atoms with Gasteiger partial charge in [0.15, 0.2) is 0 Å². The fourth-order valence-corrected chi connectivity index (χ4v) is 4.58. The zero-order chi connectivity index (χ0) is 19.6. The Hall–Kier alpha value is -1.52. The third-order valence-electron chi connectivity index (χ3n) is 4.66. The lowest BCUT2D eigenvalue weighted by Crippen LogP contribution is -2.46. The van der Waals surface area contributed by atoms with Crippen molar-refractivity contribution in [1.82, 2.24) is 0 Å². The van der Waals surface area contributed by atoms with Gasteiger partial charge in [-0.25, -0.2) is 4.79 Å². The first-order valence-electron chi connectivity index (χ1n) is 9.28. The second kappa shape index (κ2) is 8.24. The largest absolute Gasteiger partial charge is 0.443 e. The minimum atomic E-state index is -0.544. The number of benzene rings is 2. The smallest absolute Gasteiger partial charge is 0.415 e. The molecule has 2 aromatic rings. The predicted octanol–water partition coefficient (Wildman–Crippen LogP) is 6.79. The molecule has 0 saturated heterocycles.